The number of nitrogens with zero attached hydrogens (tertiary/aromatic N) is 4. The van der Waals surface area contributed by atoms with E-state index in [1.54, 1.807) is 70.5 Å². The van der Waals surface area contributed by atoms with Gasteiger partial charge in [0.1, 0.15) is 34.6 Å². The summed E-state index contributed by atoms with van der Waals surface area (Å²) in [6.45, 7) is 0. The second-order valence-electron chi connectivity index (χ2n) is 12.7. The van der Waals surface area contributed by atoms with Gasteiger partial charge in [-0.15, -0.1) is 0 Å². The first-order chi connectivity index (χ1) is 26.4. The van der Waals surface area contributed by atoms with Crippen LogP contribution in [0.15, 0.2) is 177 Å². The van der Waals surface area contributed by atoms with Crippen LogP contribution in [0.1, 0.15) is 22.3 Å². The van der Waals surface area contributed by atoms with Crippen LogP contribution in [0.2, 0.25) is 0 Å². The Morgan fingerprint density at radius 1 is 0.519 bits per heavy atom. The third-order valence-electron chi connectivity index (χ3n) is 9.11. The van der Waals surface area contributed by atoms with Gasteiger partial charge in [-0.05, 0) is 83.9 Å². The quantitative estimate of drug-likeness (QED) is 0.148. The summed E-state index contributed by atoms with van der Waals surface area (Å²) < 4.78 is 0. The zero-order valence-corrected chi connectivity index (χ0v) is 29.2. The van der Waals surface area contributed by atoms with E-state index in [1.807, 2.05) is 97.1 Å². The molecule has 3 aliphatic heterocycles. The number of anilines is 4. The van der Waals surface area contributed by atoms with Crippen LogP contribution in [-0.2, 0) is 9.59 Å². The zero-order valence-electron chi connectivity index (χ0n) is 28.4. The zero-order chi connectivity index (χ0) is 36.8. The van der Waals surface area contributed by atoms with Crippen molar-refractivity contribution < 1.29 is 19.8 Å². The number of amidine groups is 2. The minimum atomic E-state index is -0.269. The van der Waals surface area contributed by atoms with Gasteiger partial charge in [0.25, 0.3) is 11.8 Å². The van der Waals surface area contributed by atoms with E-state index in [0.29, 0.717) is 23.0 Å². The molecule has 0 unspecified atom stereocenters. The molecule has 0 saturated heterocycles. The third kappa shape index (κ3) is 6.10. The van der Waals surface area contributed by atoms with Crippen molar-refractivity contribution in [1.82, 2.24) is 0 Å². The highest BCUT2D eigenvalue weighted by molar-refractivity contribution is 7.99. The van der Waals surface area contributed by atoms with E-state index in [-0.39, 0.29) is 34.7 Å². The topological polar surface area (TPSA) is 118 Å². The molecule has 0 aromatic heterocycles. The number of phenols is 2. The Morgan fingerprint density at radius 2 is 0.926 bits per heavy atom. The molecule has 2 amide bonds. The van der Waals surface area contributed by atoms with Crippen molar-refractivity contribution in [2.24, 2.45) is 9.98 Å². The molecule has 6 aromatic carbocycles. The van der Waals surface area contributed by atoms with E-state index in [9.17, 15) is 19.8 Å². The molecule has 0 spiro atoms. The number of phenolic OH excluding ortho intramolecular Hbond substituents is 2. The number of amides is 2. The third-order valence-corrected chi connectivity index (χ3v) is 10.2. The largest absolute Gasteiger partial charge is 0.508 e. The van der Waals surface area contributed by atoms with Gasteiger partial charge in [0.15, 0.2) is 0 Å². The molecule has 0 radical (unpaired) electrons. The summed E-state index contributed by atoms with van der Waals surface area (Å²) in [7, 11) is 0. The first-order valence-electron chi connectivity index (χ1n) is 17.1. The molecule has 3 heterocycles. The Morgan fingerprint density at radius 3 is 1.33 bits per heavy atom. The maximum atomic E-state index is 14.1. The standard InChI is InChI=1S/C44H29N5O4S/c50-33-17-11-27(12-18-33)23-37-43(52)48(41(46-37)29-7-3-1-4-8-29)31-15-21-35-39(25-31)54-40-26-32(16-22-36(40)45-35)49-42(30-9-5-2-6-10-30)47-38(44(49)53)24-28-13-19-34(51)20-14-28/h1-26,45,50-51H. The van der Waals surface area contributed by atoms with Gasteiger partial charge in [-0.1, -0.05) is 96.7 Å². The average Bonchev–Trinajstić information content (AvgIpc) is 3.71. The van der Waals surface area contributed by atoms with Gasteiger partial charge < -0.3 is 15.5 Å². The van der Waals surface area contributed by atoms with E-state index >= 15 is 0 Å². The fraction of sp³-hybridized carbons (Fsp3) is 0. The number of nitrogens with one attached hydrogen (secondary N) is 1. The average molecular weight is 724 g/mol. The first-order valence-corrected chi connectivity index (χ1v) is 17.9. The van der Waals surface area contributed by atoms with E-state index in [4.69, 9.17) is 9.98 Å². The predicted octanol–water partition coefficient (Wildman–Crippen LogP) is 8.98. The van der Waals surface area contributed by atoms with Crippen LogP contribution in [0.4, 0.5) is 22.7 Å². The van der Waals surface area contributed by atoms with E-state index in [2.05, 4.69) is 5.32 Å². The molecule has 260 valence electrons. The molecule has 6 aromatic rings. The van der Waals surface area contributed by atoms with Crippen molar-refractivity contribution in [2.75, 3.05) is 15.1 Å². The van der Waals surface area contributed by atoms with Crippen molar-refractivity contribution in [1.29, 1.82) is 0 Å². The molecule has 10 heteroatoms. The number of aromatic hydroxyl groups is 2. The minimum Gasteiger partial charge on any atom is -0.508 e. The van der Waals surface area contributed by atoms with Crippen molar-refractivity contribution in [3.8, 4) is 11.5 Å². The summed E-state index contributed by atoms with van der Waals surface area (Å²) >= 11 is 1.54. The van der Waals surface area contributed by atoms with Crippen LogP contribution < -0.4 is 15.1 Å². The number of aliphatic imine (C=N–C) groups is 2. The second kappa shape index (κ2) is 13.4. The SMILES string of the molecule is O=C1C(=Cc2ccc(O)cc2)N=C(c2ccccc2)N1c1ccc2c(c1)Sc1cc(N3C(=O)C(=Cc4ccc(O)cc4)N=C3c3ccccc3)ccc1N2. The normalized spacial score (nSPS) is 16.3. The van der Waals surface area contributed by atoms with Crippen LogP contribution in [0.5, 0.6) is 11.5 Å². The van der Waals surface area contributed by atoms with Crippen LogP contribution >= 0.6 is 11.8 Å². The van der Waals surface area contributed by atoms with Crippen LogP contribution in [0.3, 0.4) is 0 Å². The smallest absolute Gasteiger partial charge is 0.282 e. The molecule has 0 bridgehead atoms. The Bertz CT molecular complexity index is 2420. The fourth-order valence-corrected chi connectivity index (χ4v) is 7.52. The highest BCUT2D eigenvalue weighted by atomic mass is 32.2. The maximum Gasteiger partial charge on any atom is 0.282 e. The van der Waals surface area contributed by atoms with Crippen molar-refractivity contribution in [3.05, 3.63) is 179 Å². The lowest BCUT2D eigenvalue weighted by atomic mass is 10.1. The first kappa shape index (κ1) is 32.7. The highest BCUT2D eigenvalue weighted by Gasteiger charge is 2.35. The summed E-state index contributed by atoms with van der Waals surface area (Å²) in [4.78, 5) is 42.8. The predicted molar refractivity (Wildman–Crippen MR) is 213 cm³/mol. The van der Waals surface area contributed by atoms with Gasteiger partial charge in [0.05, 0.1) is 22.7 Å². The van der Waals surface area contributed by atoms with Crippen LogP contribution in [-0.4, -0.2) is 33.7 Å². The van der Waals surface area contributed by atoms with E-state index < -0.39 is 0 Å². The lowest BCUT2D eigenvalue weighted by Crippen LogP contribution is -2.32. The molecule has 54 heavy (non-hydrogen) atoms. The lowest BCUT2D eigenvalue weighted by molar-refractivity contribution is -0.114. The second-order valence-corrected chi connectivity index (χ2v) is 13.8. The Kier molecular flexibility index (Phi) is 8.13. The van der Waals surface area contributed by atoms with Crippen LogP contribution in [0.25, 0.3) is 12.2 Å². The summed E-state index contributed by atoms with van der Waals surface area (Å²) in [5, 5.41) is 23.0. The fourth-order valence-electron chi connectivity index (χ4n) is 6.47. The van der Waals surface area contributed by atoms with Crippen LogP contribution in [0, 0.1) is 0 Å². The van der Waals surface area contributed by atoms with Gasteiger partial charge >= 0.3 is 0 Å². The van der Waals surface area contributed by atoms with Crippen molar-refractivity contribution in [2.45, 2.75) is 9.79 Å². The molecule has 9 rings (SSSR count). The highest BCUT2D eigenvalue weighted by Crippen LogP contribution is 2.47. The number of hydrogen-bond donors (Lipinski definition) is 3. The van der Waals surface area contributed by atoms with Crippen molar-refractivity contribution in [3.63, 3.8) is 0 Å². The summed E-state index contributed by atoms with van der Waals surface area (Å²) in [5.74, 6) is 0.771. The molecule has 9 nitrogen and oxygen atoms in total. The molecule has 0 atom stereocenters. The monoisotopic (exact) mass is 723 g/mol. The molecule has 3 aliphatic rings. The van der Waals surface area contributed by atoms with Gasteiger partial charge in [-0.3, -0.25) is 19.4 Å². The minimum absolute atomic E-state index is 0.142. The van der Waals surface area contributed by atoms with Gasteiger partial charge in [0.2, 0.25) is 0 Å². The molecule has 0 saturated carbocycles. The maximum absolute atomic E-state index is 14.1. The lowest BCUT2D eigenvalue weighted by Gasteiger charge is -2.26. The Balaban J connectivity index is 1.05. The molecule has 0 aliphatic carbocycles. The van der Waals surface area contributed by atoms with E-state index in [0.717, 1.165) is 43.4 Å². The number of benzene rings is 6. The van der Waals surface area contributed by atoms with Gasteiger partial charge in [0, 0.05) is 20.9 Å². The number of carbonyl (C=O) groups is 2. The number of hydrogen-bond acceptors (Lipinski definition) is 8. The van der Waals surface area contributed by atoms with Crippen molar-refractivity contribution >= 4 is 70.1 Å². The molecular weight excluding hydrogens is 695 g/mol. The number of rotatable bonds is 6. The van der Waals surface area contributed by atoms with Gasteiger partial charge in [-0.25, -0.2) is 9.98 Å². The summed E-state index contributed by atoms with van der Waals surface area (Å²) in [6.07, 6.45) is 3.43. The molecule has 3 N–H and O–H groups in total. The number of carbonyl (C=O) groups excluding carboxylic acids is 2. The summed E-state index contributed by atoms with van der Waals surface area (Å²) in [5.41, 5.74) is 6.72. The van der Waals surface area contributed by atoms with Gasteiger partial charge in [-0.2, -0.15) is 0 Å². The summed E-state index contributed by atoms with van der Waals surface area (Å²) in [6, 6.07) is 44.1. The number of fused-ring (bicyclic) bond motifs is 2. The molecule has 0 fully saturated rings. The Hall–Kier alpha value is -7.17. The Labute approximate surface area is 314 Å². The van der Waals surface area contributed by atoms with E-state index in [1.165, 1.54) is 11.8 Å². The molecular formula is C44H29N5O4S.